The van der Waals surface area contributed by atoms with Gasteiger partial charge in [0.15, 0.2) is 0 Å². The Morgan fingerprint density at radius 2 is 2.00 bits per heavy atom. The van der Waals surface area contributed by atoms with E-state index in [9.17, 15) is 5.11 Å². The second-order valence-corrected chi connectivity index (χ2v) is 0.809. The van der Waals surface area contributed by atoms with Crippen molar-refractivity contribution in [1.82, 2.24) is 0 Å². The Labute approximate surface area is 49.9 Å². The first-order valence-electron chi connectivity index (χ1n) is 1.39. The van der Waals surface area contributed by atoms with Crippen molar-refractivity contribution in [2.75, 3.05) is 0 Å². The molecule has 0 N–H and O–H groups in total. The standard InChI is InChI=1S/C4H5O.Li/c1-3-4(2)5;/h1,4H,2H3;/q-1;+1. The van der Waals surface area contributed by atoms with Gasteiger partial charge < -0.3 is 5.11 Å². The zero-order valence-electron chi connectivity index (χ0n) is 4.06. The van der Waals surface area contributed by atoms with Gasteiger partial charge >= 0.3 is 18.9 Å². The van der Waals surface area contributed by atoms with Crippen molar-refractivity contribution in [3.05, 3.63) is 0 Å². The van der Waals surface area contributed by atoms with E-state index < -0.39 is 6.10 Å². The summed E-state index contributed by atoms with van der Waals surface area (Å²) in [5, 5.41) is 9.66. The zero-order chi connectivity index (χ0) is 4.28. The minimum Gasteiger partial charge on any atom is -0.843 e. The maximum Gasteiger partial charge on any atom is 1.00 e. The fraction of sp³-hybridized carbons (Fsp3) is 0.500. The first-order chi connectivity index (χ1) is 2.27. The average molecular weight is 76.0 g/mol. The van der Waals surface area contributed by atoms with E-state index in [1.54, 1.807) is 0 Å². The van der Waals surface area contributed by atoms with E-state index >= 15 is 0 Å². The quantitative estimate of drug-likeness (QED) is 0.216. The molecule has 0 saturated carbocycles. The van der Waals surface area contributed by atoms with Gasteiger partial charge in [0.2, 0.25) is 0 Å². The smallest absolute Gasteiger partial charge is 0.843 e. The third-order valence-corrected chi connectivity index (χ3v) is 0.235. The summed E-state index contributed by atoms with van der Waals surface area (Å²) in [4.78, 5) is 0. The van der Waals surface area contributed by atoms with E-state index in [4.69, 9.17) is 0 Å². The van der Waals surface area contributed by atoms with Gasteiger partial charge in [-0.05, 0) is 0 Å². The topological polar surface area (TPSA) is 23.1 Å². The molecule has 1 unspecified atom stereocenters. The van der Waals surface area contributed by atoms with Crippen LogP contribution in [0.3, 0.4) is 0 Å². The fourth-order valence-electron chi connectivity index (χ4n) is 0. The largest absolute Gasteiger partial charge is 1.00 e. The molecule has 0 aliphatic rings. The van der Waals surface area contributed by atoms with Crippen LogP contribution in [0.2, 0.25) is 0 Å². The minimum atomic E-state index is -0.838. The molecule has 0 fully saturated rings. The predicted octanol–water partition coefficient (Wildman–Crippen LogP) is -3.63. The van der Waals surface area contributed by atoms with Gasteiger partial charge in [-0.25, -0.2) is 0 Å². The molecule has 0 saturated heterocycles. The zero-order valence-corrected chi connectivity index (χ0v) is 4.06. The first-order valence-corrected chi connectivity index (χ1v) is 1.39. The van der Waals surface area contributed by atoms with Crippen LogP contribution >= 0.6 is 0 Å². The van der Waals surface area contributed by atoms with Crippen LogP contribution in [-0.4, -0.2) is 6.10 Å². The van der Waals surface area contributed by atoms with Gasteiger partial charge in [0, 0.05) is 0 Å². The predicted molar refractivity (Wildman–Crippen MR) is 18.3 cm³/mol. The Hall–Kier alpha value is 0.117. The van der Waals surface area contributed by atoms with E-state index in [1.807, 2.05) is 5.92 Å². The van der Waals surface area contributed by atoms with Crippen molar-refractivity contribution >= 4 is 0 Å². The molecule has 0 aromatic heterocycles. The normalized spacial score (nSPS) is 10.8. The summed E-state index contributed by atoms with van der Waals surface area (Å²) in [6.07, 6.45) is 3.77. The van der Waals surface area contributed by atoms with E-state index in [-0.39, 0.29) is 18.9 Å². The molecule has 0 rings (SSSR count). The van der Waals surface area contributed by atoms with Gasteiger partial charge in [-0.3, -0.25) is 0 Å². The maximum atomic E-state index is 9.66. The van der Waals surface area contributed by atoms with Gasteiger partial charge in [0.25, 0.3) is 0 Å². The minimum absolute atomic E-state index is 0. The van der Waals surface area contributed by atoms with E-state index in [1.165, 1.54) is 6.92 Å². The Morgan fingerprint density at radius 3 is 2.00 bits per heavy atom. The Balaban J connectivity index is 0. The summed E-state index contributed by atoms with van der Waals surface area (Å²) >= 11 is 0. The van der Waals surface area contributed by atoms with E-state index in [0.717, 1.165) is 0 Å². The van der Waals surface area contributed by atoms with E-state index in [0.29, 0.717) is 0 Å². The van der Waals surface area contributed by atoms with Crippen LogP contribution in [0, 0.1) is 12.3 Å². The number of terminal acetylenes is 1. The van der Waals surface area contributed by atoms with Gasteiger partial charge in [-0.2, -0.15) is 0 Å². The molecular weight excluding hydrogens is 71.0 g/mol. The SMILES string of the molecule is C#CC(C)[O-].[Li+]. The molecule has 6 heavy (non-hydrogen) atoms. The van der Waals surface area contributed by atoms with Crippen molar-refractivity contribution in [2.45, 2.75) is 13.0 Å². The van der Waals surface area contributed by atoms with Crippen molar-refractivity contribution in [1.29, 1.82) is 0 Å². The summed E-state index contributed by atoms with van der Waals surface area (Å²) < 4.78 is 0. The summed E-state index contributed by atoms with van der Waals surface area (Å²) in [5.74, 6) is 1.97. The maximum absolute atomic E-state index is 9.66. The van der Waals surface area contributed by atoms with Crippen LogP contribution in [0.15, 0.2) is 0 Å². The van der Waals surface area contributed by atoms with Gasteiger partial charge in [-0.1, -0.05) is 13.0 Å². The number of hydrogen-bond donors (Lipinski definition) is 0. The van der Waals surface area contributed by atoms with E-state index in [2.05, 4.69) is 6.42 Å². The van der Waals surface area contributed by atoms with Crippen molar-refractivity contribution in [2.24, 2.45) is 0 Å². The van der Waals surface area contributed by atoms with Gasteiger partial charge in [0.1, 0.15) is 0 Å². The Morgan fingerprint density at radius 1 is 1.83 bits per heavy atom. The molecular formula is C4H5LiO. The second-order valence-electron chi connectivity index (χ2n) is 0.809. The molecule has 0 amide bonds. The molecule has 0 aliphatic carbocycles. The third-order valence-electron chi connectivity index (χ3n) is 0.235. The molecule has 0 spiro atoms. The average Bonchev–Trinajstić information content (AvgIpc) is 1.38. The summed E-state index contributed by atoms with van der Waals surface area (Å²) in [7, 11) is 0. The van der Waals surface area contributed by atoms with Gasteiger partial charge in [0.05, 0.1) is 0 Å². The Bertz CT molecular complexity index is 53.1. The molecule has 28 valence electrons. The van der Waals surface area contributed by atoms with Crippen LogP contribution in [0.4, 0.5) is 0 Å². The molecule has 1 nitrogen and oxygen atoms in total. The van der Waals surface area contributed by atoms with Crippen LogP contribution in [-0.2, 0) is 0 Å². The third kappa shape index (κ3) is 8.92. The van der Waals surface area contributed by atoms with Crippen molar-refractivity contribution < 1.29 is 24.0 Å². The number of hydrogen-bond acceptors (Lipinski definition) is 1. The second kappa shape index (κ2) is 5.12. The first kappa shape index (κ1) is 9.45. The monoisotopic (exact) mass is 76.1 g/mol. The molecule has 0 aliphatic heterocycles. The molecule has 0 aromatic rings. The number of rotatable bonds is 0. The summed E-state index contributed by atoms with van der Waals surface area (Å²) in [5.41, 5.74) is 0. The molecule has 0 bridgehead atoms. The summed E-state index contributed by atoms with van der Waals surface area (Å²) in [6, 6.07) is 0. The van der Waals surface area contributed by atoms with Crippen LogP contribution in [0.1, 0.15) is 6.92 Å². The summed E-state index contributed by atoms with van der Waals surface area (Å²) in [6.45, 7) is 1.43. The molecule has 0 heterocycles. The Kier molecular flexibility index (Phi) is 8.06. The van der Waals surface area contributed by atoms with Crippen LogP contribution in [0.5, 0.6) is 0 Å². The molecule has 1 atom stereocenters. The van der Waals surface area contributed by atoms with Gasteiger partial charge in [-0.15, -0.1) is 12.3 Å². The molecule has 0 aromatic carbocycles. The molecule has 2 heteroatoms. The fourth-order valence-corrected chi connectivity index (χ4v) is 0. The van der Waals surface area contributed by atoms with Crippen molar-refractivity contribution in [3.8, 4) is 12.3 Å². The molecule has 0 radical (unpaired) electrons. The van der Waals surface area contributed by atoms with Crippen LogP contribution in [0.25, 0.3) is 0 Å². The van der Waals surface area contributed by atoms with Crippen molar-refractivity contribution in [3.63, 3.8) is 0 Å². The van der Waals surface area contributed by atoms with Crippen LogP contribution < -0.4 is 24.0 Å².